The Hall–Kier alpha value is -2.85. The van der Waals surface area contributed by atoms with Gasteiger partial charge >= 0.3 is 0 Å². The lowest BCUT2D eigenvalue weighted by molar-refractivity contribution is 0.592. The molecule has 1 aliphatic heterocycles. The summed E-state index contributed by atoms with van der Waals surface area (Å²) in [6, 6.07) is 18.6. The molecule has 5 rings (SSSR count). The van der Waals surface area contributed by atoms with Gasteiger partial charge in [-0.3, -0.25) is 14.0 Å². The van der Waals surface area contributed by atoms with Crippen molar-refractivity contribution < 1.29 is 16.8 Å². The standard InChI is InChI=1S/C26H23Cl2N3O4S2/c27-23-10-8-19(16-22(23)26-21-7-3-2-6-18(21)12-13-29-26)30-37(34,35)25-11-9-20(17-24(25)28)31-14-4-1-5-15-36(31,32)33/h2-3,6-13,16-17,30H,1,4-5,14-15H2. The van der Waals surface area contributed by atoms with E-state index >= 15 is 0 Å². The van der Waals surface area contributed by atoms with E-state index in [9.17, 15) is 16.8 Å². The van der Waals surface area contributed by atoms with Gasteiger partial charge in [-0.1, -0.05) is 53.9 Å². The second kappa shape index (κ2) is 10.1. The summed E-state index contributed by atoms with van der Waals surface area (Å²) in [5, 5.41) is 2.21. The van der Waals surface area contributed by atoms with Crippen LogP contribution in [0.4, 0.5) is 11.4 Å². The van der Waals surface area contributed by atoms with Gasteiger partial charge in [-0.05, 0) is 60.7 Å². The number of benzene rings is 3. The minimum Gasteiger partial charge on any atom is -0.280 e. The van der Waals surface area contributed by atoms with Crippen LogP contribution in [0.3, 0.4) is 0 Å². The maximum Gasteiger partial charge on any atom is 0.263 e. The van der Waals surface area contributed by atoms with Gasteiger partial charge in [0.15, 0.2) is 0 Å². The van der Waals surface area contributed by atoms with Gasteiger partial charge in [-0.25, -0.2) is 16.8 Å². The molecule has 37 heavy (non-hydrogen) atoms. The molecule has 3 aromatic carbocycles. The molecule has 11 heteroatoms. The Balaban J connectivity index is 1.47. The number of rotatable bonds is 5. The smallest absolute Gasteiger partial charge is 0.263 e. The predicted octanol–water partition coefficient (Wildman–Crippen LogP) is 6.33. The Morgan fingerprint density at radius 3 is 2.51 bits per heavy atom. The average molecular weight is 577 g/mol. The first-order chi connectivity index (χ1) is 17.7. The average Bonchev–Trinajstić information content (AvgIpc) is 3.04. The van der Waals surface area contributed by atoms with Crippen molar-refractivity contribution in [1.29, 1.82) is 0 Å². The van der Waals surface area contributed by atoms with E-state index in [2.05, 4.69) is 9.71 Å². The van der Waals surface area contributed by atoms with E-state index in [-0.39, 0.29) is 21.4 Å². The van der Waals surface area contributed by atoms with Gasteiger partial charge in [0.25, 0.3) is 10.0 Å². The van der Waals surface area contributed by atoms with E-state index in [1.54, 1.807) is 24.4 Å². The van der Waals surface area contributed by atoms with Crippen LogP contribution in [0.1, 0.15) is 19.3 Å². The normalized spacial score (nSPS) is 15.9. The van der Waals surface area contributed by atoms with Crippen LogP contribution in [0.5, 0.6) is 0 Å². The van der Waals surface area contributed by atoms with E-state index in [0.29, 0.717) is 34.9 Å². The van der Waals surface area contributed by atoms with Crippen molar-refractivity contribution in [2.75, 3.05) is 21.3 Å². The molecule has 0 saturated carbocycles. The monoisotopic (exact) mass is 575 g/mol. The molecule has 192 valence electrons. The maximum absolute atomic E-state index is 13.3. The summed E-state index contributed by atoms with van der Waals surface area (Å²) >= 11 is 12.9. The zero-order valence-electron chi connectivity index (χ0n) is 19.6. The highest BCUT2D eigenvalue weighted by Gasteiger charge is 2.27. The van der Waals surface area contributed by atoms with Crippen LogP contribution < -0.4 is 9.03 Å². The lowest BCUT2D eigenvalue weighted by Crippen LogP contribution is -2.32. The molecule has 0 amide bonds. The molecular weight excluding hydrogens is 553 g/mol. The van der Waals surface area contributed by atoms with E-state index in [0.717, 1.165) is 23.6 Å². The number of anilines is 2. The first kappa shape index (κ1) is 25.8. The van der Waals surface area contributed by atoms with Gasteiger partial charge < -0.3 is 0 Å². The molecule has 0 aliphatic carbocycles. The number of halogens is 2. The third-order valence-electron chi connectivity index (χ3n) is 6.24. The number of nitrogens with one attached hydrogen (secondary N) is 1. The van der Waals surface area contributed by atoms with Gasteiger partial charge in [-0.15, -0.1) is 0 Å². The molecule has 0 spiro atoms. The molecule has 1 aliphatic rings. The zero-order valence-corrected chi connectivity index (χ0v) is 22.7. The van der Waals surface area contributed by atoms with Gasteiger partial charge in [-0.2, -0.15) is 0 Å². The molecule has 1 N–H and O–H groups in total. The predicted molar refractivity (Wildman–Crippen MR) is 149 cm³/mol. The topological polar surface area (TPSA) is 96.4 Å². The van der Waals surface area contributed by atoms with Crippen molar-refractivity contribution >= 4 is 65.4 Å². The molecule has 7 nitrogen and oxygen atoms in total. The van der Waals surface area contributed by atoms with Crippen molar-refractivity contribution in [2.45, 2.75) is 24.2 Å². The first-order valence-electron chi connectivity index (χ1n) is 11.6. The van der Waals surface area contributed by atoms with E-state index < -0.39 is 20.0 Å². The number of fused-ring (bicyclic) bond motifs is 1. The van der Waals surface area contributed by atoms with Crippen molar-refractivity contribution in [2.24, 2.45) is 0 Å². The van der Waals surface area contributed by atoms with Crippen LogP contribution in [0.25, 0.3) is 22.0 Å². The second-order valence-corrected chi connectivity index (χ2v) is 13.2. The highest BCUT2D eigenvalue weighted by molar-refractivity contribution is 7.93. The van der Waals surface area contributed by atoms with E-state index in [1.165, 1.54) is 22.5 Å². The molecule has 1 fully saturated rings. The summed E-state index contributed by atoms with van der Waals surface area (Å²) < 4.78 is 55.6. The fraction of sp³-hybridized carbons (Fsp3) is 0.192. The molecule has 0 bridgehead atoms. The minimum absolute atomic E-state index is 0.0523. The quantitative estimate of drug-likeness (QED) is 0.300. The van der Waals surface area contributed by atoms with Crippen molar-refractivity contribution in [1.82, 2.24) is 4.98 Å². The summed E-state index contributed by atoms with van der Waals surface area (Å²) in [6.45, 7) is 0.332. The molecule has 2 heterocycles. The lowest BCUT2D eigenvalue weighted by atomic mass is 10.0. The Morgan fingerprint density at radius 2 is 1.70 bits per heavy atom. The third-order valence-corrected chi connectivity index (χ3v) is 10.3. The van der Waals surface area contributed by atoms with E-state index in [1.807, 2.05) is 30.3 Å². The van der Waals surface area contributed by atoms with Gasteiger partial charge in [0.2, 0.25) is 10.0 Å². The highest BCUT2D eigenvalue weighted by atomic mass is 35.5. The van der Waals surface area contributed by atoms with Crippen LogP contribution in [0.15, 0.2) is 77.8 Å². The largest absolute Gasteiger partial charge is 0.280 e. The SMILES string of the molecule is O=S(=O)(Nc1ccc(Cl)c(-c2nccc3ccccc23)c1)c1ccc(N2CCCCCS2(=O)=O)cc1Cl. The maximum atomic E-state index is 13.3. The molecule has 1 aromatic heterocycles. The number of aromatic nitrogens is 1. The van der Waals surface area contributed by atoms with Crippen LogP contribution in [-0.2, 0) is 20.0 Å². The fourth-order valence-electron chi connectivity index (χ4n) is 4.43. The highest BCUT2D eigenvalue weighted by Crippen LogP contribution is 2.35. The Morgan fingerprint density at radius 1 is 0.892 bits per heavy atom. The van der Waals surface area contributed by atoms with Gasteiger partial charge in [0.1, 0.15) is 4.90 Å². The molecular formula is C26H23Cl2N3O4S2. The molecule has 0 atom stereocenters. The van der Waals surface area contributed by atoms with Crippen molar-refractivity contribution in [3.63, 3.8) is 0 Å². The van der Waals surface area contributed by atoms with Crippen LogP contribution in [0, 0.1) is 0 Å². The number of pyridine rings is 1. The Labute approximate surface area is 226 Å². The van der Waals surface area contributed by atoms with E-state index in [4.69, 9.17) is 23.2 Å². The zero-order chi connectivity index (χ0) is 26.2. The summed E-state index contributed by atoms with van der Waals surface area (Å²) in [5.41, 5.74) is 1.84. The summed E-state index contributed by atoms with van der Waals surface area (Å²) in [7, 11) is -7.58. The Bertz CT molecular complexity index is 1710. The second-order valence-electron chi connectivity index (χ2n) is 8.74. The summed E-state index contributed by atoms with van der Waals surface area (Å²) in [4.78, 5) is 4.32. The summed E-state index contributed by atoms with van der Waals surface area (Å²) in [6.07, 6.45) is 3.82. The third kappa shape index (κ3) is 5.27. The minimum atomic E-state index is -4.10. The van der Waals surface area contributed by atoms with Gasteiger partial charge in [0, 0.05) is 29.4 Å². The molecule has 4 aromatic rings. The van der Waals surface area contributed by atoms with Crippen molar-refractivity contribution in [3.05, 3.63) is 83.0 Å². The Kier molecular flexibility index (Phi) is 7.06. The molecule has 0 radical (unpaired) electrons. The van der Waals surface area contributed by atoms with Gasteiger partial charge in [0.05, 0.1) is 27.2 Å². The van der Waals surface area contributed by atoms with Crippen LogP contribution in [-0.4, -0.2) is 34.1 Å². The number of nitrogens with zero attached hydrogens (tertiary/aromatic N) is 2. The van der Waals surface area contributed by atoms with Crippen molar-refractivity contribution in [3.8, 4) is 11.3 Å². The first-order valence-corrected chi connectivity index (χ1v) is 15.5. The van der Waals surface area contributed by atoms with Crippen LogP contribution in [0.2, 0.25) is 10.0 Å². The van der Waals surface area contributed by atoms with Crippen LogP contribution >= 0.6 is 23.2 Å². The number of sulfonamides is 2. The molecule has 1 saturated heterocycles. The number of hydrogen-bond acceptors (Lipinski definition) is 5. The fourth-order valence-corrected chi connectivity index (χ4v) is 7.86. The lowest BCUT2D eigenvalue weighted by Gasteiger charge is -2.23. The molecule has 0 unspecified atom stereocenters. The summed E-state index contributed by atoms with van der Waals surface area (Å²) in [5.74, 6) is 0.0523. The number of hydrogen-bond donors (Lipinski definition) is 1.